The minimum absolute atomic E-state index is 0.0226. The SMILES string of the molecule is CC(C)C[C@H](NC(=O)[C@H](CCc1ccccc1)NC(=O)CN1CCN(C)CC1)C(=O)N[C@@H](Cc1ccccc1)C(=O)N[C@@H](CC(C)C)C(=O)C1(C)CO1. The summed E-state index contributed by atoms with van der Waals surface area (Å²) in [4.78, 5) is 73.0. The van der Waals surface area contributed by atoms with E-state index in [2.05, 4.69) is 38.1 Å². The smallest absolute Gasteiger partial charge is 0.243 e. The van der Waals surface area contributed by atoms with Gasteiger partial charge in [-0.1, -0.05) is 88.4 Å². The summed E-state index contributed by atoms with van der Waals surface area (Å²) in [6.07, 6.45) is 1.80. The van der Waals surface area contributed by atoms with Crippen LogP contribution in [0.15, 0.2) is 60.7 Å². The molecule has 53 heavy (non-hydrogen) atoms. The van der Waals surface area contributed by atoms with Gasteiger partial charge in [-0.15, -0.1) is 0 Å². The van der Waals surface area contributed by atoms with Crippen LogP contribution in [-0.4, -0.2) is 115 Å². The number of Topliss-reactive ketones (excluding diaryl/α,β-unsaturated/α-hetero) is 1. The fourth-order valence-corrected chi connectivity index (χ4v) is 6.57. The molecule has 2 aliphatic rings. The maximum Gasteiger partial charge on any atom is 0.243 e. The molecule has 2 aliphatic heterocycles. The van der Waals surface area contributed by atoms with Crippen LogP contribution in [0.5, 0.6) is 0 Å². The number of hydrogen-bond donors (Lipinski definition) is 4. The van der Waals surface area contributed by atoms with Gasteiger partial charge in [0.2, 0.25) is 23.6 Å². The fraction of sp³-hybridized carbons (Fsp3) is 0.585. The Morgan fingerprint density at radius 3 is 1.74 bits per heavy atom. The van der Waals surface area contributed by atoms with Crippen molar-refractivity contribution in [1.29, 1.82) is 0 Å². The standard InChI is InChI=1S/C41H60N6O6/c1-28(2)23-33(37(49)41(5)27-53-41)43-40(52)35(25-31-15-11-8-12-16-31)45-39(51)34(24-29(3)4)44-38(50)32(18-17-30-13-9-7-10-14-30)42-36(48)26-47-21-19-46(6)20-22-47/h7-16,28-29,32-35H,17-27H2,1-6H3,(H,42,48)(H,43,52)(H,44,50)(H,45,51)/t32-,33-,34-,35-,41?/m0/s1. The first-order valence-electron chi connectivity index (χ1n) is 19.1. The molecule has 0 spiro atoms. The van der Waals surface area contributed by atoms with Crippen LogP contribution in [0.2, 0.25) is 0 Å². The molecule has 0 bridgehead atoms. The van der Waals surface area contributed by atoms with E-state index in [9.17, 15) is 24.0 Å². The fourth-order valence-electron chi connectivity index (χ4n) is 6.57. The summed E-state index contributed by atoms with van der Waals surface area (Å²) in [7, 11) is 2.05. The lowest BCUT2D eigenvalue weighted by Gasteiger charge is -2.32. The topological polar surface area (TPSA) is 152 Å². The average molecular weight is 733 g/mol. The molecular weight excluding hydrogens is 672 g/mol. The van der Waals surface area contributed by atoms with Crippen molar-refractivity contribution in [1.82, 2.24) is 31.1 Å². The van der Waals surface area contributed by atoms with Crippen LogP contribution in [0.3, 0.4) is 0 Å². The number of carbonyl (C=O) groups excluding carboxylic acids is 5. The first-order chi connectivity index (χ1) is 25.2. The van der Waals surface area contributed by atoms with Crippen molar-refractivity contribution in [3.8, 4) is 0 Å². The van der Waals surface area contributed by atoms with E-state index in [4.69, 9.17) is 4.74 Å². The molecule has 290 valence electrons. The van der Waals surface area contributed by atoms with Gasteiger partial charge in [-0.3, -0.25) is 28.9 Å². The summed E-state index contributed by atoms with van der Waals surface area (Å²) in [5.41, 5.74) is 0.932. The van der Waals surface area contributed by atoms with Gasteiger partial charge in [-0.05, 0) is 62.6 Å². The van der Waals surface area contributed by atoms with Crippen LogP contribution < -0.4 is 21.3 Å². The Balaban J connectivity index is 1.51. The monoisotopic (exact) mass is 732 g/mol. The maximum absolute atomic E-state index is 14.1. The van der Waals surface area contributed by atoms with Crippen LogP contribution >= 0.6 is 0 Å². The normalized spacial score (nSPS) is 19.8. The number of rotatable bonds is 20. The Morgan fingerprint density at radius 1 is 0.679 bits per heavy atom. The molecule has 12 nitrogen and oxygen atoms in total. The van der Waals surface area contributed by atoms with Gasteiger partial charge in [-0.25, -0.2) is 0 Å². The quantitative estimate of drug-likeness (QED) is 0.152. The van der Waals surface area contributed by atoms with Crippen molar-refractivity contribution in [2.75, 3.05) is 46.4 Å². The first-order valence-corrected chi connectivity index (χ1v) is 19.1. The largest absolute Gasteiger partial charge is 0.361 e. The van der Waals surface area contributed by atoms with E-state index < -0.39 is 47.5 Å². The van der Waals surface area contributed by atoms with Crippen molar-refractivity contribution in [2.45, 2.75) is 96.5 Å². The molecule has 0 saturated carbocycles. The number of aryl methyl sites for hydroxylation is 1. The van der Waals surface area contributed by atoms with E-state index in [1.54, 1.807) is 6.92 Å². The molecule has 2 aromatic rings. The van der Waals surface area contributed by atoms with Gasteiger partial charge in [0.05, 0.1) is 19.2 Å². The highest BCUT2D eigenvalue weighted by Gasteiger charge is 2.50. The van der Waals surface area contributed by atoms with Gasteiger partial charge in [0.1, 0.15) is 23.7 Å². The predicted octanol–water partition coefficient (Wildman–Crippen LogP) is 2.50. The lowest BCUT2D eigenvalue weighted by molar-refractivity contribution is -0.135. The Bertz CT molecular complexity index is 1510. The molecule has 0 radical (unpaired) electrons. The molecule has 5 atom stereocenters. The molecule has 12 heteroatoms. The molecule has 1 unspecified atom stereocenters. The number of epoxide rings is 1. The number of benzene rings is 2. The van der Waals surface area contributed by atoms with Crippen molar-refractivity contribution in [3.63, 3.8) is 0 Å². The zero-order valence-corrected chi connectivity index (χ0v) is 32.4. The highest BCUT2D eigenvalue weighted by atomic mass is 16.6. The van der Waals surface area contributed by atoms with Crippen LogP contribution in [0.1, 0.15) is 65.0 Å². The first kappa shape index (κ1) is 41.6. The van der Waals surface area contributed by atoms with Gasteiger partial charge < -0.3 is 30.9 Å². The molecule has 4 N–H and O–H groups in total. The summed E-state index contributed by atoms with van der Waals surface area (Å²) in [5.74, 6) is -1.76. The third kappa shape index (κ3) is 13.7. The molecule has 2 heterocycles. The van der Waals surface area contributed by atoms with Crippen LogP contribution in [-0.2, 0) is 41.6 Å². The zero-order valence-electron chi connectivity index (χ0n) is 32.4. The van der Waals surface area contributed by atoms with E-state index in [1.165, 1.54) is 0 Å². The van der Waals surface area contributed by atoms with E-state index >= 15 is 0 Å². The summed E-state index contributed by atoms with van der Waals surface area (Å²) in [6, 6.07) is 15.4. The second kappa shape index (κ2) is 19.8. The van der Waals surface area contributed by atoms with Crippen LogP contribution in [0.25, 0.3) is 0 Å². The zero-order chi connectivity index (χ0) is 38.5. The van der Waals surface area contributed by atoms with Gasteiger partial charge in [0.15, 0.2) is 5.78 Å². The second-order valence-corrected chi connectivity index (χ2v) is 15.7. The average Bonchev–Trinajstić information content (AvgIpc) is 3.88. The molecule has 0 aliphatic carbocycles. The number of nitrogens with zero attached hydrogens (tertiary/aromatic N) is 2. The highest BCUT2D eigenvalue weighted by molar-refractivity contribution is 5.98. The van der Waals surface area contributed by atoms with Crippen molar-refractivity contribution >= 4 is 29.4 Å². The lowest BCUT2D eigenvalue weighted by Crippen LogP contribution is -2.59. The number of amides is 4. The molecule has 2 saturated heterocycles. The van der Waals surface area contributed by atoms with Gasteiger partial charge in [-0.2, -0.15) is 0 Å². The highest BCUT2D eigenvalue weighted by Crippen LogP contribution is 2.29. The number of likely N-dealkylation sites (N-methyl/N-ethyl adjacent to an activating group) is 1. The Labute approximate surface area is 315 Å². The summed E-state index contributed by atoms with van der Waals surface area (Å²) < 4.78 is 5.41. The molecule has 2 fully saturated rings. The minimum atomic E-state index is -1.02. The van der Waals surface area contributed by atoms with E-state index in [-0.39, 0.29) is 36.5 Å². The summed E-state index contributed by atoms with van der Waals surface area (Å²) in [6.45, 7) is 13.3. The van der Waals surface area contributed by atoms with Crippen molar-refractivity contribution < 1.29 is 28.7 Å². The molecule has 0 aromatic heterocycles. The Morgan fingerprint density at radius 2 is 1.17 bits per heavy atom. The molecular formula is C41H60N6O6. The number of ether oxygens (including phenoxy) is 1. The third-order valence-corrected chi connectivity index (χ3v) is 9.87. The molecule has 4 amide bonds. The molecule has 4 rings (SSSR count). The number of carbonyl (C=O) groups is 5. The van der Waals surface area contributed by atoms with Crippen molar-refractivity contribution in [3.05, 3.63) is 71.8 Å². The summed E-state index contributed by atoms with van der Waals surface area (Å²) in [5, 5.41) is 11.7. The Kier molecular flexibility index (Phi) is 15.6. The minimum Gasteiger partial charge on any atom is -0.361 e. The van der Waals surface area contributed by atoms with E-state index in [1.807, 2.05) is 88.4 Å². The van der Waals surface area contributed by atoms with Gasteiger partial charge >= 0.3 is 0 Å². The second-order valence-electron chi connectivity index (χ2n) is 15.7. The van der Waals surface area contributed by atoms with E-state index in [0.29, 0.717) is 32.3 Å². The van der Waals surface area contributed by atoms with Crippen LogP contribution in [0.4, 0.5) is 0 Å². The van der Waals surface area contributed by atoms with Gasteiger partial charge in [0.25, 0.3) is 0 Å². The number of ketones is 1. The maximum atomic E-state index is 14.1. The van der Waals surface area contributed by atoms with Crippen molar-refractivity contribution in [2.24, 2.45) is 11.8 Å². The van der Waals surface area contributed by atoms with Crippen LogP contribution in [0, 0.1) is 11.8 Å². The van der Waals surface area contributed by atoms with E-state index in [0.717, 1.165) is 37.3 Å². The number of nitrogens with one attached hydrogen (secondary N) is 4. The number of piperazine rings is 1. The van der Waals surface area contributed by atoms with Gasteiger partial charge in [0, 0.05) is 32.6 Å². The Hall–Kier alpha value is -4.13. The third-order valence-electron chi connectivity index (χ3n) is 9.87. The predicted molar refractivity (Wildman–Crippen MR) is 205 cm³/mol. The lowest BCUT2D eigenvalue weighted by atomic mass is 9.93. The molecule has 2 aromatic carbocycles. The number of hydrogen-bond acceptors (Lipinski definition) is 8. The summed E-state index contributed by atoms with van der Waals surface area (Å²) >= 11 is 0.